The van der Waals surface area contributed by atoms with Crippen LogP contribution in [0.1, 0.15) is 72.6 Å². The molecule has 4 heteroatoms. The highest BCUT2D eigenvalue weighted by Gasteiger charge is 2.59. The largest absolute Gasteiger partial charge is 0.463 e. The van der Waals surface area contributed by atoms with Gasteiger partial charge in [-0.25, -0.2) is 0 Å². The maximum atomic E-state index is 11.4. The molecule has 27 heavy (non-hydrogen) atoms. The Hall–Kier alpha value is -0.870. The van der Waals surface area contributed by atoms with Crippen LogP contribution >= 0.6 is 0 Å². The summed E-state index contributed by atoms with van der Waals surface area (Å²) in [6.07, 6.45) is 8.65. The zero-order valence-corrected chi connectivity index (χ0v) is 17.3. The molecule has 3 fully saturated rings. The van der Waals surface area contributed by atoms with Crippen molar-refractivity contribution in [3.8, 4) is 0 Å². The van der Waals surface area contributed by atoms with Gasteiger partial charge >= 0.3 is 5.97 Å². The van der Waals surface area contributed by atoms with Crippen LogP contribution in [0.25, 0.3) is 0 Å². The lowest BCUT2D eigenvalue weighted by atomic mass is 9.47. The Morgan fingerprint density at radius 1 is 1.15 bits per heavy atom. The molecule has 4 aliphatic rings. The summed E-state index contributed by atoms with van der Waals surface area (Å²) in [5.41, 5.74) is 1.72. The quantitative estimate of drug-likeness (QED) is 0.567. The molecule has 0 aromatic heterocycles. The molecule has 0 aromatic carbocycles. The van der Waals surface area contributed by atoms with Crippen molar-refractivity contribution in [1.82, 2.24) is 0 Å². The van der Waals surface area contributed by atoms with Gasteiger partial charge in [-0.3, -0.25) is 4.79 Å². The second kappa shape index (κ2) is 6.59. The topological polar surface area (TPSA) is 66.8 Å². The summed E-state index contributed by atoms with van der Waals surface area (Å²) in [6, 6.07) is 0. The van der Waals surface area contributed by atoms with Gasteiger partial charge in [-0.1, -0.05) is 25.5 Å². The molecule has 2 N–H and O–H groups in total. The number of esters is 1. The SMILES string of the molecule is CC(=O)O[C@H]1CC[C@@]2(C)[C@H](C1)[C@@H](O)C=C1[C@@H]2CC[C@]2(C)[C@@H]([C@@H](C)O)CC[C@@H]12. The van der Waals surface area contributed by atoms with Gasteiger partial charge in [0.25, 0.3) is 0 Å². The van der Waals surface area contributed by atoms with E-state index in [0.717, 1.165) is 38.5 Å². The Labute approximate surface area is 163 Å². The Bertz CT molecular complexity index is 640. The molecule has 0 aliphatic heterocycles. The van der Waals surface area contributed by atoms with E-state index in [2.05, 4.69) is 19.9 Å². The molecule has 0 unspecified atom stereocenters. The van der Waals surface area contributed by atoms with Crippen LogP contribution in [-0.2, 0) is 9.53 Å². The van der Waals surface area contributed by atoms with Gasteiger partial charge in [0, 0.05) is 6.92 Å². The molecule has 4 rings (SSSR count). The van der Waals surface area contributed by atoms with Crippen LogP contribution in [0.4, 0.5) is 0 Å². The van der Waals surface area contributed by atoms with Crippen LogP contribution in [0, 0.1) is 34.5 Å². The van der Waals surface area contributed by atoms with Gasteiger partial charge in [-0.2, -0.15) is 0 Å². The number of hydrogen-bond acceptors (Lipinski definition) is 4. The first-order valence-corrected chi connectivity index (χ1v) is 10.9. The first-order valence-electron chi connectivity index (χ1n) is 10.9. The normalized spacial score (nSPS) is 50.1. The zero-order valence-electron chi connectivity index (χ0n) is 17.3. The average molecular weight is 377 g/mol. The summed E-state index contributed by atoms with van der Waals surface area (Å²) in [7, 11) is 0. The Kier molecular flexibility index (Phi) is 4.74. The van der Waals surface area contributed by atoms with Crippen LogP contribution in [0.2, 0.25) is 0 Å². The van der Waals surface area contributed by atoms with Crippen molar-refractivity contribution in [2.45, 2.75) is 91.0 Å². The van der Waals surface area contributed by atoms with Crippen molar-refractivity contribution in [2.24, 2.45) is 34.5 Å². The smallest absolute Gasteiger partial charge is 0.302 e. The highest BCUT2D eigenvalue weighted by molar-refractivity contribution is 5.66. The predicted octanol–water partition coefficient (Wildman–Crippen LogP) is 3.85. The third kappa shape index (κ3) is 2.90. The summed E-state index contributed by atoms with van der Waals surface area (Å²) < 4.78 is 5.50. The van der Waals surface area contributed by atoms with Gasteiger partial charge in [0.1, 0.15) is 6.10 Å². The van der Waals surface area contributed by atoms with Crippen molar-refractivity contribution < 1.29 is 19.7 Å². The second-order valence-electron chi connectivity index (χ2n) is 10.3. The Balaban J connectivity index is 1.63. The number of rotatable bonds is 2. The lowest BCUT2D eigenvalue weighted by Crippen LogP contribution is -2.54. The number of ether oxygens (including phenoxy) is 1. The van der Waals surface area contributed by atoms with Crippen molar-refractivity contribution in [2.75, 3.05) is 0 Å². The Morgan fingerprint density at radius 2 is 1.81 bits per heavy atom. The maximum absolute atomic E-state index is 11.4. The molecule has 152 valence electrons. The van der Waals surface area contributed by atoms with E-state index in [1.807, 2.05) is 6.92 Å². The third-order valence-corrected chi connectivity index (χ3v) is 9.04. The lowest BCUT2D eigenvalue weighted by molar-refractivity contribution is -0.155. The number of carbonyl (C=O) groups is 1. The highest BCUT2D eigenvalue weighted by Crippen LogP contribution is 2.66. The van der Waals surface area contributed by atoms with E-state index < -0.39 is 6.10 Å². The average Bonchev–Trinajstić information content (AvgIpc) is 2.93. The van der Waals surface area contributed by atoms with Crippen molar-refractivity contribution >= 4 is 5.97 Å². The summed E-state index contributed by atoms with van der Waals surface area (Å²) in [4.78, 5) is 11.4. The molecule has 0 spiro atoms. The van der Waals surface area contributed by atoms with Crippen LogP contribution in [0.3, 0.4) is 0 Å². The van der Waals surface area contributed by atoms with E-state index in [0.29, 0.717) is 17.8 Å². The van der Waals surface area contributed by atoms with Gasteiger partial charge in [0.05, 0.1) is 12.2 Å². The number of hydrogen-bond donors (Lipinski definition) is 2. The third-order valence-electron chi connectivity index (χ3n) is 9.04. The van der Waals surface area contributed by atoms with Crippen LogP contribution in [-0.4, -0.2) is 34.5 Å². The molecule has 0 saturated heterocycles. The second-order valence-corrected chi connectivity index (χ2v) is 10.3. The molecule has 0 bridgehead atoms. The van der Waals surface area contributed by atoms with Gasteiger partial charge in [0.15, 0.2) is 0 Å². The number of aliphatic hydroxyl groups is 2. The fraction of sp³-hybridized carbons (Fsp3) is 0.870. The fourth-order valence-corrected chi connectivity index (χ4v) is 7.72. The molecule has 4 nitrogen and oxygen atoms in total. The lowest BCUT2D eigenvalue weighted by Gasteiger charge is -2.58. The number of fused-ring (bicyclic) bond motifs is 5. The number of aliphatic hydroxyl groups excluding tert-OH is 2. The molecular formula is C23H36O4. The summed E-state index contributed by atoms with van der Waals surface area (Å²) in [5, 5.41) is 21.4. The monoisotopic (exact) mass is 376 g/mol. The molecule has 4 aliphatic carbocycles. The van der Waals surface area contributed by atoms with Crippen LogP contribution < -0.4 is 0 Å². The van der Waals surface area contributed by atoms with Crippen LogP contribution in [0.15, 0.2) is 11.6 Å². The van der Waals surface area contributed by atoms with Crippen molar-refractivity contribution in [3.05, 3.63) is 11.6 Å². The van der Waals surface area contributed by atoms with E-state index in [-0.39, 0.29) is 34.9 Å². The van der Waals surface area contributed by atoms with Gasteiger partial charge < -0.3 is 14.9 Å². The summed E-state index contributed by atoms with van der Waals surface area (Å²) in [5.74, 6) is 1.34. The fourth-order valence-electron chi connectivity index (χ4n) is 7.72. The van der Waals surface area contributed by atoms with E-state index in [1.54, 1.807) is 0 Å². The van der Waals surface area contributed by atoms with Gasteiger partial charge in [0.2, 0.25) is 0 Å². The maximum Gasteiger partial charge on any atom is 0.302 e. The zero-order chi connectivity index (χ0) is 19.6. The molecule has 0 heterocycles. The van der Waals surface area contributed by atoms with Gasteiger partial charge in [-0.05, 0) is 86.4 Å². The van der Waals surface area contributed by atoms with E-state index in [1.165, 1.54) is 18.9 Å². The highest BCUT2D eigenvalue weighted by atomic mass is 16.5. The molecule has 0 aromatic rings. The van der Waals surface area contributed by atoms with Crippen molar-refractivity contribution in [3.63, 3.8) is 0 Å². The minimum Gasteiger partial charge on any atom is -0.463 e. The first kappa shape index (κ1) is 19.4. The van der Waals surface area contributed by atoms with E-state index >= 15 is 0 Å². The summed E-state index contributed by atoms with van der Waals surface area (Å²) >= 11 is 0. The molecule has 0 radical (unpaired) electrons. The minimum atomic E-state index is -0.451. The van der Waals surface area contributed by atoms with E-state index in [4.69, 9.17) is 4.74 Å². The predicted molar refractivity (Wildman–Crippen MR) is 104 cm³/mol. The number of carbonyl (C=O) groups excluding carboxylic acids is 1. The van der Waals surface area contributed by atoms with E-state index in [9.17, 15) is 15.0 Å². The number of allylic oxidation sites excluding steroid dienone is 1. The summed E-state index contributed by atoms with van der Waals surface area (Å²) in [6.45, 7) is 8.16. The van der Waals surface area contributed by atoms with Gasteiger partial charge in [-0.15, -0.1) is 0 Å². The first-order chi connectivity index (χ1) is 12.7. The standard InChI is InChI=1S/C23H36O4/c1-13(24)17-5-6-18-16-12-21(26)20-11-15(27-14(2)25)7-9-23(20,4)19(16)8-10-22(17,18)3/h12-13,15,17-21,24,26H,5-11H2,1-4H3/t13-,15+,17-,18+,19+,20-,21+,22-,23-/m1/s1. The molecule has 0 amide bonds. The van der Waals surface area contributed by atoms with Crippen molar-refractivity contribution in [1.29, 1.82) is 0 Å². The van der Waals surface area contributed by atoms with Crippen LogP contribution in [0.5, 0.6) is 0 Å². The Morgan fingerprint density at radius 3 is 2.48 bits per heavy atom. The molecule has 9 atom stereocenters. The minimum absolute atomic E-state index is 0.0508. The molecular weight excluding hydrogens is 340 g/mol. The molecule has 3 saturated carbocycles.